The van der Waals surface area contributed by atoms with Crippen molar-refractivity contribution in [3.05, 3.63) is 59.7 Å². The number of benzene rings is 2. The van der Waals surface area contributed by atoms with Gasteiger partial charge in [-0.1, -0.05) is 48.5 Å². The lowest BCUT2D eigenvalue weighted by molar-refractivity contribution is -0.138. The van der Waals surface area contributed by atoms with Crippen molar-refractivity contribution in [2.75, 3.05) is 20.2 Å². The first-order chi connectivity index (χ1) is 14.9. The number of hydrogen-bond donors (Lipinski definition) is 2. The molecule has 1 atom stereocenters. The molecule has 0 spiro atoms. The van der Waals surface area contributed by atoms with Crippen LogP contribution in [0.1, 0.15) is 43.2 Å². The Hall–Kier alpha value is -3.35. The van der Waals surface area contributed by atoms with Gasteiger partial charge in [-0.3, -0.25) is 9.59 Å². The van der Waals surface area contributed by atoms with E-state index in [1.165, 1.54) is 4.90 Å². The zero-order chi connectivity index (χ0) is 22.4. The number of amides is 2. The molecule has 0 unspecified atom stereocenters. The number of carboxylic acid groups (broad SMARTS) is 1. The van der Waals surface area contributed by atoms with Crippen LogP contribution in [0.5, 0.6) is 0 Å². The summed E-state index contributed by atoms with van der Waals surface area (Å²) in [5.41, 5.74) is 4.61. The number of rotatable bonds is 9. The van der Waals surface area contributed by atoms with E-state index in [9.17, 15) is 14.4 Å². The van der Waals surface area contributed by atoms with Crippen LogP contribution in [0.2, 0.25) is 0 Å². The van der Waals surface area contributed by atoms with E-state index < -0.39 is 18.1 Å². The first kappa shape index (κ1) is 22.3. The molecule has 0 radical (unpaired) electrons. The van der Waals surface area contributed by atoms with Crippen LogP contribution in [-0.2, 0) is 14.3 Å². The Morgan fingerprint density at radius 1 is 1.06 bits per heavy atom. The summed E-state index contributed by atoms with van der Waals surface area (Å²) in [6.07, 6.45) is -0.0271. The number of nitrogens with zero attached hydrogens (tertiary/aromatic N) is 1. The second kappa shape index (κ2) is 10.1. The quantitative estimate of drug-likeness (QED) is 0.641. The second-order valence-electron chi connectivity index (χ2n) is 7.89. The van der Waals surface area contributed by atoms with Crippen molar-refractivity contribution < 1.29 is 24.2 Å². The first-order valence-corrected chi connectivity index (χ1v) is 10.4. The van der Waals surface area contributed by atoms with E-state index in [-0.39, 0.29) is 31.3 Å². The molecular weight excluding hydrogens is 396 g/mol. The molecule has 0 aromatic heterocycles. The maximum Gasteiger partial charge on any atom is 0.407 e. The van der Waals surface area contributed by atoms with E-state index in [0.29, 0.717) is 13.0 Å². The Morgan fingerprint density at radius 3 is 2.23 bits per heavy atom. The van der Waals surface area contributed by atoms with E-state index in [1.54, 1.807) is 14.0 Å². The molecule has 2 N–H and O–H groups in total. The Morgan fingerprint density at radius 2 is 1.65 bits per heavy atom. The minimum atomic E-state index is -0.883. The highest BCUT2D eigenvalue weighted by atomic mass is 16.5. The summed E-state index contributed by atoms with van der Waals surface area (Å²) in [6.45, 7) is 2.32. The monoisotopic (exact) mass is 424 g/mol. The van der Waals surface area contributed by atoms with Gasteiger partial charge in [0.1, 0.15) is 6.61 Å². The molecular formula is C24H28N2O5. The topological polar surface area (TPSA) is 95.9 Å². The molecule has 0 fully saturated rings. The smallest absolute Gasteiger partial charge is 0.407 e. The molecule has 0 bridgehead atoms. The molecule has 2 aromatic carbocycles. The van der Waals surface area contributed by atoms with E-state index in [1.807, 2.05) is 24.3 Å². The van der Waals surface area contributed by atoms with Crippen molar-refractivity contribution in [1.82, 2.24) is 10.2 Å². The molecule has 1 aliphatic carbocycles. The third-order valence-corrected chi connectivity index (χ3v) is 5.50. The van der Waals surface area contributed by atoms with Crippen LogP contribution in [-0.4, -0.2) is 54.2 Å². The van der Waals surface area contributed by atoms with Crippen LogP contribution in [0.4, 0.5) is 4.79 Å². The summed E-state index contributed by atoms with van der Waals surface area (Å²) in [6, 6.07) is 15.8. The molecule has 0 aliphatic heterocycles. The SMILES string of the molecule is C[C@H](CC(=O)N(C)CCCC(=O)O)NC(=O)OCC1c2ccccc2-c2ccccc21. The minimum Gasteiger partial charge on any atom is -0.481 e. The second-order valence-corrected chi connectivity index (χ2v) is 7.89. The summed E-state index contributed by atoms with van der Waals surface area (Å²) >= 11 is 0. The molecule has 0 saturated heterocycles. The summed E-state index contributed by atoms with van der Waals surface area (Å²) < 4.78 is 5.50. The molecule has 2 aromatic rings. The van der Waals surface area contributed by atoms with Crippen molar-refractivity contribution in [3.8, 4) is 11.1 Å². The fourth-order valence-electron chi connectivity index (χ4n) is 3.90. The van der Waals surface area contributed by atoms with Crippen LogP contribution < -0.4 is 5.32 Å². The predicted molar refractivity (Wildman–Crippen MR) is 117 cm³/mol. The van der Waals surface area contributed by atoms with Gasteiger partial charge < -0.3 is 20.1 Å². The number of carboxylic acids is 1. The maximum absolute atomic E-state index is 12.3. The number of hydrogen-bond acceptors (Lipinski definition) is 4. The number of aliphatic carboxylic acids is 1. The zero-order valence-electron chi connectivity index (χ0n) is 17.8. The van der Waals surface area contributed by atoms with Crippen LogP contribution in [0, 0.1) is 0 Å². The van der Waals surface area contributed by atoms with Gasteiger partial charge in [-0.05, 0) is 35.6 Å². The molecule has 164 valence electrons. The number of fused-ring (bicyclic) bond motifs is 3. The average Bonchev–Trinajstić information content (AvgIpc) is 3.05. The van der Waals surface area contributed by atoms with Crippen molar-refractivity contribution in [2.24, 2.45) is 0 Å². The number of alkyl carbamates (subject to hydrolysis) is 1. The van der Waals surface area contributed by atoms with Gasteiger partial charge in [0.2, 0.25) is 5.91 Å². The van der Waals surface area contributed by atoms with E-state index in [4.69, 9.17) is 9.84 Å². The normalized spacial score (nSPS) is 13.1. The lowest BCUT2D eigenvalue weighted by Gasteiger charge is -2.20. The van der Waals surface area contributed by atoms with Gasteiger partial charge >= 0.3 is 12.1 Å². The Labute approximate surface area is 182 Å². The molecule has 1 aliphatic rings. The molecule has 3 rings (SSSR count). The van der Waals surface area contributed by atoms with Gasteiger partial charge in [-0.15, -0.1) is 0 Å². The summed E-state index contributed by atoms with van der Waals surface area (Å²) in [5, 5.41) is 11.4. The van der Waals surface area contributed by atoms with Crippen LogP contribution in [0.15, 0.2) is 48.5 Å². The molecule has 7 heteroatoms. The van der Waals surface area contributed by atoms with Crippen LogP contribution in [0.25, 0.3) is 11.1 Å². The Kier molecular flexibility index (Phi) is 7.28. The van der Waals surface area contributed by atoms with Crippen molar-refractivity contribution in [3.63, 3.8) is 0 Å². The molecule has 7 nitrogen and oxygen atoms in total. The highest BCUT2D eigenvalue weighted by molar-refractivity contribution is 5.79. The van der Waals surface area contributed by atoms with Gasteiger partial charge in [0.05, 0.1) is 0 Å². The van der Waals surface area contributed by atoms with Crippen molar-refractivity contribution in [2.45, 2.75) is 38.1 Å². The summed E-state index contributed by atoms with van der Waals surface area (Å²) in [5.74, 6) is -1.06. The standard InChI is InChI=1S/C24H28N2O5/c1-16(14-22(27)26(2)13-7-12-23(28)29)25-24(30)31-15-21-19-10-5-3-8-17(19)18-9-4-6-11-20(18)21/h3-6,8-11,16,21H,7,12-15H2,1-2H3,(H,25,30)(H,28,29)/t16-/m1/s1. The van der Waals surface area contributed by atoms with Crippen molar-refractivity contribution >= 4 is 18.0 Å². The highest BCUT2D eigenvalue weighted by Gasteiger charge is 2.29. The first-order valence-electron chi connectivity index (χ1n) is 10.4. The lowest BCUT2D eigenvalue weighted by atomic mass is 9.98. The zero-order valence-corrected chi connectivity index (χ0v) is 17.8. The number of carbonyl (C=O) groups is 3. The molecule has 0 heterocycles. The fourth-order valence-corrected chi connectivity index (χ4v) is 3.90. The third kappa shape index (κ3) is 5.63. The average molecular weight is 424 g/mol. The summed E-state index contributed by atoms with van der Waals surface area (Å²) in [4.78, 5) is 36.6. The number of ether oxygens (including phenoxy) is 1. The van der Waals surface area contributed by atoms with E-state index in [0.717, 1.165) is 22.3 Å². The highest BCUT2D eigenvalue weighted by Crippen LogP contribution is 2.44. The Balaban J connectivity index is 1.49. The van der Waals surface area contributed by atoms with Gasteiger partial charge in [-0.25, -0.2) is 4.79 Å². The van der Waals surface area contributed by atoms with Gasteiger partial charge in [0, 0.05) is 38.4 Å². The third-order valence-electron chi connectivity index (χ3n) is 5.50. The minimum absolute atomic E-state index is 0.0181. The maximum atomic E-state index is 12.3. The number of nitrogens with one attached hydrogen (secondary N) is 1. The summed E-state index contributed by atoms with van der Waals surface area (Å²) in [7, 11) is 1.63. The number of carbonyl (C=O) groups excluding carboxylic acids is 2. The van der Waals surface area contributed by atoms with E-state index >= 15 is 0 Å². The van der Waals surface area contributed by atoms with Crippen molar-refractivity contribution in [1.29, 1.82) is 0 Å². The van der Waals surface area contributed by atoms with Crippen LogP contribution >= 0.6 is 0 Å². The molecule has 31 heavy (non-hydrogen) atoms. The predicted octanol–water partition coefficient (Wildman–Crippen LogP) is 3.63. The fraction of sp³-hybridized carbons (Fsp3) is 0.375. The molecule has 0 saturated carbocycles. The molecule has 2 amide bonds. The Bertz CT molecular complexity index is 913. The van der Waals surface area contributed by atoms with Gasteiger partial charge in [-0.2, -0.15) is 0 Å². The van der Waals surface area contributed by atoms with Gasteiger partial charge in [0.15, 0.2) is 0 Å². The van der Waals surface area contributed by atoms with Crippen LogP contribution in [0.3, 0.4) is 0 Å². The lowest BCUT2D eigenvalue weighted by Crippen LogP contribution is -2.39. The van der Waals surface area contributed by atoms with Gasteiger partial charge in [0.25, 0.3) is 0 Å². The van der Waals surface area contributed by atoms with E-state index in [2.05, 4.69) is 29.6 Å². The largest absolute Gasteiger partial charge is 0.481 e.